The van der Waals surface area contributed by atoms with E-state index in [1.165, 1.54) is 36.4 Å². The van der Waals surface area contributed by atoms with Gasteiger partial charge in [-0.05, 0) is 26.0 Å². The number of carbonyl (C=O) groups excluding carboxylic acids is 4. The Morgan fingerprint density at radius 2 is 1.96 bits per heavy atom. The standard InChI is InChI=1S/C32H34ClN11O11S2/c1-31(2,27(50)51)55-39-20(17-13-56-29(34)37-17)24(48)38-21-25(49)42-14-32(28(52)53,57-26(21)42)43-11-12-44(30(43)54)36-6-8-41-10-9-40(15-41)7-5-35-23(47)16-3-4-18(45)22(46)19(16)33/h3-4,6,9-10,13,15,21,26H,5,7-8,11-12,14H2,1-2H3,(H7-,34,35,37,38,39,45,46,47,48,50,51,52,53)/p+1/b36-6+/t21-,26-,32-/m1/s1. The Kier molecular flexibility index (Phi) is 11.2. The fourth-order valence-electron chi connectivity index (χ4n) is 5.82. The normalized spacial score (nSPS) is 20.8. The molecule has 0 unspecified atom stereocenters. The quantitative estimate of drug-likeness (QED) is 0.0334. The highest BCUT2D eigenvalue weighted by molar-refractivity contribution is 8.02. The summed E-state index contributed by atoms with van der Waals surface area (Å²) < 4.78 is 3.52. The minimum atomic E-state index is -1.90. The highest BCUT2D eigenvalue weighted by atomic mass is 35.5. The molecule has 25 heteroatoms. The number of nitrogens with one attached hydrogen (secondary N) is 2. The molecule has 3 saturated heterocycles. The number of carbonyl (C=O) groups is 6. The summed E-state index contributed by atoms with van der Waals surface area (Å²) in [6.07, 6.45) is 6.66. The molecule has 3 fully saturated rings. The molecule has 22 nitrogen and oxygen atoms in total. The van der Waals surface area contributed by atoms with Crippen LogP contribution in [0.1, 0.15) is 29.9 Å². The van der Waals surface area contributed by atoms with Crippen LogP contribution in [0.4, 0.5) is 9.93 Å². The number of phenolic OH excluding ortho intramolecular Hbond substituents is 2. The van der Waals surface area contributed by atoms with Gasteiger partial charge in [0.1, 0.15) is 42.6 Å². The number of thiazole rings is 1. The molecule has 302 valence electrons. The highest BCUT2D eigenvalue weighted by Gasteiger charge is 2.66. The maximum absolute atomic E-state index is 13.5. The zero-order chi connectivity index (χ0) is 41.4. The van der Waals surface area contributed by atoms with E-state index in [0.717, 1.165) is 39.1 Å². The Hall–Kier alpha value is -6.14. The fourth-order valence-corrected chi connectivity index (χ4v) is 8.25. The lowest BCUT2D eigenvalue weighted by molar-refractivity contribution is -0.680. The van der Waals surface area contributed by atoms with Crippen LogP contribution in [0, 0.1) is 0 Å². The van der Waals surface area contributed by atoms with Crippen LogP contribution < -0.4 is 20.9 Å². The number of thioether (sulfide) groups is 1. The van der Waals surface area contributed by atoms with Gasteiger partial charge in [0.2, 0.25) is 22.7 Å². The first-order valence-electron chi connectivity index (χ1n) is 16.8. The molecule has 3 atom stereocenters. The summed E-state index contributed by atoms with van der Waals surface area (Å²) in [7, 11) is 0. The van der Waals surface area contributed by atoms with Gasteiger partial charge in [-0.3, -0.25) is 19.3 Å². The summed E-state index contributed by atoms with van der Waals surface area (Å²) in [6.45, 7) is 2.90. The van der Waals surface area contributed by atoms with Gasteiger partial charge in [-0.15, -0.1) is 11.3 Å². The molecule has 3 aromatic rings. The summed E-state index contributed by atoms with van der Waals surface area (Å²) in [5.41, 5.74) is 3.38. The predicted octanol–water partition coefficient (Wildman–Crippen LogP) is -0.503. The van der Waals surface area contributed by atoms with Gasteiger partial charge < -0.3 is 46.5 Å². The SMILES string of the molecule is CC(C)(O/N=C(\C(=O)N[C@@H]1C(=O)N2C[C@@](C(=O)O)(N3CCN(/N=C/C[n+]4ccn(CCNC(=O)c5ccc(O)c(O)c5Cl)c4)C3=O)S[C@H]12)c1csc(N)n1)C(=O)O. The van der Waals surface area contributed by atoms with Crippen molar-refractivity contribution in [3.8, 4) is 11.5 Å². The van der Waals surface area contributed by atoms with Crippen molar-refractivity contribution in [1.82, 2.24) is 35.0 Å². The molecule has 5 amide bonds. The summed E-state index contributed by atoms with van der Waals surface area (Å²) in [5.74, 6) is -5.88. The van der Waals surface area contributed by atoms with Crippen molar-refractivity contribution in [3.63, 3.8) is 0 Å². The number of hydrogen-bond acceptors (Lipinski definition) is 15. The lowest BCUT2D eigenvalue weighted by Gasteiger charge is -2.41. The number of hydrogen-bond donors (Lipinski definition) is 7. The number of urea groups is 1. The molecular weight excluding hydrogens is 814 g/mol. The second kappa shape index (κ2) is 15.8. The number of halogens is 1. The molecular formula is C32H35ClN11O11S2+. The van der Waals surface area contributed by atoms with Crippen LogP contribution in [0.5, 0.6) is 11.5 Å². The van der Waals surface area contributed by atoms with Crippen LogP contribution in [0.3, 0.4) is 0 Å². The van der Waals surface area contributed by atoms with Crippen LogP contribution in [0.15, 0.2) is 46.5 Å². The molecule has 3 aliphatic rings. The number of hydrazone groups is 1. The van der Waals surface area contributed by atoms with Crippen LogP contribution in [0.2, 0.25) is 5.02 Å². The highest BCUT2D eigenvalue weighted by Crippen LogP contribution is 2.49. The van der Waals surface area contributed by atoms with Gasteiger partial charge >= 0.3 is 18.0 Å². The first-order valence-corrected chi connectivity index (χ1v) is 19.0. The summed E-state index contributed by atoms with van der Waals surface area (Å²) in [4.78, 5) is 86.6. The monoisotopic (exact) mass is 848 g/mol. The zero-order valence-electron chi connectivity index (χ0n) is 29.9. The third-order valence-electron chi connectivity index (χ3n) is 9.00. The Labute approximate surface area is 335 Å². The minimum absolute atomic E-state index is 0.000324. The predicted molar refractivity (Wildman–Crippen MR) is 200 cm³/mol. The number of anilines is 1. The fraction of sp³-hybridized carbons (Fsp3) is 0.375. The van der Waals surface area contributed by atoms with Crippen LogP contribution in [0.25, 0.3) is 0 Å². The largest absolute Gasteiger partial charge is 0.504 e. The number of benzene rings is 1. The second-order valence-electron chi connectivity index (χ2n) is 13.2. The average Bonchev–Trinajstić information content (AvgIpc) is 3.96. The van der Waals surface area contributed by atoms with E-state index in [9.17, 15) is 49.2 Å². The molecule has 57 heavy (non-hydrogen) atoms. The minimum Gasteiger partial charge on any atom is -0.504 e. The Morgan fingerprint density at radius 1 is 1.21 bits per heavy atom. The molecule has 0 bridgehead atoms. The van der Waals surface area contributed by atoms with Gasteiger partial charge in [0, 0.05) is 11.9 Å². The molecule has 3 aliphatic heterocycles. The first-order chi connectivity index (χ1) is 26.9. The lowest BCUT2D eigenvalue weighted by Crippen LogP contribution is -2.68. The molecule has 5 heterocycles. The van der Waals surface area contributed by atoms with Gasteiger partial charge in [0.25, 0.3) is 11.8 Å². The van der Waals surface area contributed by atoms with Gasteiger partial charge in [0.15, 0.2) is 22.3 Å². The molecule has 2 aromatic heterocycles. The van der Waals surface area contributed by atoms with Crippen molar-refractivity contribution in [2.75, 3.05) is 31.9 Å². The van der Waals surface area contributed by atoms with E-state index in [2.05, 4.69) is 25.9 Å². The number of oxime groups is 1. The van der Waals surface area contributed by atoms with E-state index in [0.29, 0.717) is 6.54 Å². The number of aromatic hydroxyl groups is 2. The van der Waals surface area contributed by atoms with Crippen LogP contribution in [-0.2, 0) is 37.1 Å². The molecule has 0 saturated carbocycles. The second-order valence-corrected chi connectivity index (χ2v) is 15.8. The number of aromatic nitrogens is 3. The van der Waals surface area contributed by atoms with E-state index in [1.807, 2.05) is 0 Å². The van der Waals surface area contributed by atoms with Crippen molar-refractivity contribution in [1.29, 1.82) is 0 Å². The molecule has 0 spiro atoms. The van der Waals surface area contributed by atoms with E-state index in [-0.39, 0.29) is 54.1 Å². The Bertz CT molecular complexity index is 2210. The van der Waals surface area contributed by atoms with Crippen LogP contribution >= 0.6 is 34.7 Å². The molecule has 0 radical (unpaired) electrons. The number of amides is 5. The number of phenols is 2. The summed E-state index contributed by atoms with van der Waals surface area (Å²) in [5, 5.41) is 53.7. The van der Waals surface area contributed by atoms with Crippen molar-refractivity contribution in [2.24, 2.45) is 10.3 Å². The smallest absolute Gasteiger partial charge is 0.350 e. The van der Waals surface area contributed by atoms with E-state index in [4.69, 9.17) is 22.2 Å². The van der Waals surface area contributed by atoms with E-state index < -0.39 is 74.8 Å². The molecule has 6 rings (SSSR count). The maximum Gasteiger partial charge on any atom is 0.350 e. The first kappa shape index (κ1) is 40.5. The van der Waals surface area contributed by atoms with Gasteiger partial charge in [0.05, 0.1) is 36.4 Å². The van der Waals surface area contributed by atoms with Crippen LogP contribution in [-0.4, -0.2) is 140 Å². The number of nitrogen functional groups attached to an aromatic ring is 1. The van der Waals surface area contributed by atoms with E-state index >= 15 is 0 Å². The zero-order valence-corrected chi connectivity index (χ0v) is 32.3. The number of carboxylic acid groups (broad SMARTS) is 2. The number of nitrogens with zero attached hydrogens (tertiary/aromatic N) is 8. The Morgan fingerprint density at radius 3 is 2.65 bits per heavy atom. The number of nitrogens with two attached hydrogens (primary N) is 1. The van der Waals surface area contributed by atoms with E-state index in [1.54, 1.807) is 27.9 Å². The molecule has 1 aromatic carbocycles. The number of imidazole rings is 1. The third kappa shape index (κ3) is 7.95. The van der Waals surface area contributed by atoms with Crippen molar-refractivity contribution in [2.45, 2.75) is 48.8 Å². The van der Waals surface area contributed by atoms with Crippen molar-refractivity contribution >= 4 is 87.4 Å². The van der Waals surface area contributed by atoms with Crippen molar-refractivity contribution < 1.29 is 58.6 Å². The topological polar surface area (TPSA) is 299 Å². The van der Waals surface area contributed by atoms with Gasteiger partial charge in [-0.1, -0.05) is 28.5 Å². The number of aliphatic carboxylic acids is 2. The van der Waals surface area contributed by atoms with Gasteiger partial charge in [-0.2, -0.15) is 5.10 Å². The Balaban J connectivity index is 1.04. The van der Waals surface area contributed by atoms with Gasteiger partial charge in [-0.25, -0.2) is 33.5 Å². The number of rotatable bonds is 15. The lowest BCUT2D eigenvalue weighted by atomic mass is 10.1. The summed E-state index contributed by atoms with van der Waals surface area (Å²) >= 11 is 7.75. The molecule has 8 N–H and O–H groups in total. The number of carboxylic acids is 2. The van der Waals surface area contributed by atoms with Crippen molar-refractivity contribution in [3.05, 3.63) is 52.5 Å². The molecule has 0 aliphatic carbocycles. The average molecular weight is 849 g/mol. The number of fused-ring (bicyclic) bond motifs is 1. The summed E-state index contributed by atoms with van der Waals surface area (Å²) in [6, 6.07) is 0.516. The third-order valence-corrected chi connectivity index (χ3v) is 11.7. The number of β-lactam (4-membered cyclic amide) rings is 1. The maximum atomic E-state index is 13.5.